The van der Waals surface area contributed by atoms with Gasteiger partial charge in [-0.2, -0.15) is 0 Å². The highest BCUT2D eigenvalue weighted by molar-refractivity contribution is 7.92. The number of sulfone groups is 1. The first-order valence-corrected chi connectivity index (χ1v) is 6.48. The van der Waals surface area contributed by atoms with Crippen molar-refractivity contribution in [3.63, 3.8) is 0 Å². The van der Waals surface area contributed by atoms with Crippen LogP contribution in [0.2, 0.25) is 0 Å². The van der Waals surface area contributed by atoms with Crippen LogP contribution >= 0.6 is 11.6 Å². The summed E-state index contributed by atoms with van der Waals surface area (Å²) >= 11 is 5.08. The Bertz CT molecular complexity index is 511. The highest BCUT2D eigenvalue weighted by Crippen LogP contribution is 2.26. The zero-order valence-electron chi connectivity index (χ0n) is 8.82. The molecule has 4 nitrogen and oxygen atoms in total. The molecule has 0 aliphatic rings. The van der Waals surface area contributed by atoms with Gasteiger partial charge in [0.15, 0.2) is 9.84 Å². The van der Waals surface area contributed by atoms with Crippen LogP contribution in [0.15, 0.2) is 17.0 Å². The second-order valence-corrected chi connectivity index (χ2v) is 5.87. The van der Waals surface area contributed by atoms with E-state index in [1.54, 1.807) is 13.8 Å². The molecule has 16 heavy (non-hydrogen) atoms. The molecule has 0 aliphatic heterocycles. The molecule has 1 N–H and O–H groups in total. The molecule has 0 atom stereocenters. The van der Waals surface area contributed by atoms with Crippen LogP contribution < -0.4 is 0 Å². The molecule has 0 unspecified atom stereocenters. The van der Waals surface area contributed by atoms with Crippen LogP contribution in [0.3, 0.4) is 0 Å². The van der Waals surface area contributed by atoms with E-state index in [0.717, 1.165) is 0 Å². The number of aryl methyl sites for hydroxylation is 2. The Balaban J connectivity index is 3.39. The van der Waals surface area contributed by atoms with Gasteiger partial charge in [-0.05, 0) is 48.7 Å². The topological polar surface area (TPSA) is 71.4 Å². The first-order valence-electron chi connectivity index (χ1n) is 4.45. The van der Waals surface area contributed by atoms with Gasteiger partial charge in [-0.15, -0.1) is 0 Å². The van der Waals surface area contributed by atoms with Crippen molar-refractivity contribution in [1.29, 1.82) is 0 Å². The van der Waals surface area contributed by atoms with E-state index in [1.807, 2.05) is 0 Å². The number of hydrogen-bond donors (Lipinski definition) is 1. The Morgan fingerprint density at radius 2 is 1.75 bits per heavy atom. The minimum atomic E-state index is -3.73. The Labute approximate surface area is 98.8 Å². The number of carbonyl (C=O) groups is 1. The zero-order valence-corrected chi connectivity index (χ0v) is 10.4. The first kappa shape index (κ1) is 13.0. The fourth-order valence-electron chi connectivity index (χ4n) is 1.64. The zero-order chi connectivity index (χ0) is 12.5. The Hall–Kier alpha value is -1.07. The van der Waals surface area contributed by atoms with Crippen molar-refractivity contribution in [3.05, 3.63) is 23.3 Å². The van der Waals surface area contributed by atoms with Crippen molar-refractivity contribution in [2.75, 3.05) is 5.75 Å². The van der Waals surface area contributed by atoms with Crippen LogP contribution in [0.5, 0.6) is 5.75 Å². The van der Waals surface area contributed by atoms with Crippen molar-refractivity contribution in [2.45, 2.75) is 18.7 Å². The summed E-state index contributed by atoms with van der Waals surface area (Å²) in [5, 5.41) is 8.35. The molecule has 1 rings (SSSR count). The Morgan fingerprint density at radius 3 is 2.12 bits per heavy atom. The summed E-state index contributed by atoms with van der Waals surface area (Å²) in [5.74, 6) is -0.743. The smallest absolute Gasteiger partial charge is 0.237 e. The number of rotatable bonds is 3. The first-order chi connectivity index (χ1) is 7.24. The number of phenols is 1. The molecule has 0 radical (unpaired) electrons. The molecule has 0 saturated carbocycles. The van der Waals surface area contributed by atoms with Gasteiger partial charge in [0, 0.05) is 0 Å². The molecule has 0 heterocycles. The summed E-state index contributed by atoms with van der Waals surface area (Å²) < 4.78 is 23.6. The number of benzene rings is 1. The van der Waals surface area contributed by atoms with E-state index < -0.39 is 20.8 Å². The lowest BCUT2D eigenvalue weighted by molar-refractivity contribution is -0.109. The van der Waals surface area contributed by atoms with Crippen LogP contribution in [0.25, 0.3) is 0 Å². The van der Waals surface area contributed by atoms with E-state index in [4.69, 9.17) is 11.6 Å². The van der Waals surface area contributed by atoms with Crippen LogP contribution in [0.1, 0.15) is 11.1 Å². The molecule has 1 aromatic rings. The highest BCUT2D eigenvalue weighted by atomic mass is 35.5. The monoisotopic (exact) mass is 262 g/mol. The lowest BCUT2D eigenvalue weighted by atomic mass is 10.1. The summed E-state index contributed by atoms with van der Waals surface area (Å²) in [7, 11) is -3.73. The number of halogens is 1. The third kappa shape index (κ3) is 2.74. The lowest BCUT2D eigenvalue weighted by Gasteiger charge is -2.09. The molecule has 0 saturated heterocycles. The average Bonchev–Trinajstić information content (AvgIpc) is 1.96. The van der Waals surface area contributed by atoms with E-state index in [9.17, 15) is 18.3 Å². The SMILES string of the molecule is Cc1cc(O)cc(C)c1S(=O)(=O)CC(=O)Cl. The molecular formula is C10H11ClO4S. The standard InChI is InChI=1S/C10H11ClO4S/c1-6-3-8(12)4-7(2)10(6)16(14,15)5-9(11)13/h3-4,12H,5H2,1-2H3. The van der Waals surface area contributed by atoms with Crippen LogP contribution in [-0.2, 0) is 14.6 Å². The molecule has 0 bridgehead atoms. The summed E-state index contributed by atoms with van der Waals surface area (Å²) in [6.45, 7) is 3.11. The normalized spacial score (nSPS) is 11.4. The largest absolute Gasteiger partial charge is 0.508 e. The third-order valence-corrected chi connectivity index (χ3v) is 4.26. The second-order valence-electron chi connectivity index (χ2n) is 3.52. The Kier molecular flexibility index (Phi) is 3.60. The summed E-state index contributed by atoms with van der Waals surface area (Å²) in [6, 6.07) is 2.66. The maximum absolute atomic E-state index is 11.8. The molecule has 0 amide bonds. The van der Waals surface area contributed by atoms with E-state index in [-0.39, 0.29) is 10.6 Å². The van der Waals surface area contributed by atoms with Gasteiger partial charge in [0.05, 0.1) is 4.90 Å². The maximum atomic E-state index is 11.8. The molecule has 0 fully saturated rings. The van der Waals surface area contributed by atoms with Gasteiger partial charge in [-0.1, -0.05) is 0 Å². The van der Waals surface area contributed by atoms with Gasteiger partial charge in [0.25, 0.3) is 0 Å². The average molecular weight is 263 g/mol. The van der Waals surface area contributed by atoms with Gasteiger partial charge in [-0.3, -0.25) is 4.79 Å². The molecule has 0 aromatic heterocycles. The van der Waals surface area contributed by atoms with Gasteiger partial charge in [-0.25, -0.2) is 8.42 Å². The molecule has 0 spiro atoms. The molecule has 88 valence electrons. The minimum Gasteiger partial charge on any atom is -0.508 e. The molecular weight excluding hydrogens is 252 g/mol. The number of aromatic hydroxyl groups is 1. The van der Waals surface area contributed by atoms with Crippen LogP contribution in [0, 0.1) is 13.8 Å². The molecule has 0 aliphatic carbocycles. The summed E-state index contributed by atoms with van der Waals surface area (Å²) in [5.41, 5.74) is 0.797. The predicted molar refractivity (Wildman–Crippen MR) is 60.5 cm³/mol. The fourth-order valence-corrected chi connectivity index (χ4v) is 3.61. The minimum absolute atomic E-state index is 0.00819. The molecule has 1 aromatic carbocycles. The molecule has 6 heteroatoms. The van der Waals surface area contributed by atoms with Gasteiger partial charge < -0.3 is 5.11 Å². The van der Waals surface area contributed by atoms with Crippen LogP contribution in [0.4, 0.5) is 0 Å². The van der Waals surface area contributed by atoms with E-state index in [2.05, 4.69) is 0 Å². The van der Waals surface area contributed by atoms with Gasteiger partial charge >= 0.3 is 0 Å². The Morgan fingerprint density at radius 1 is 1.31 bits per heavy atom. The third-order valence-electron chi connectivity index (χ3n) is 2.06. The van der Waals surface area contributed by atoms with E-state index in [1.165, 1.54) is 12.1 Å². The fraction of sp³-hybridized carbons (Fsp3) is 0.300. The van der Waals surface area contributed by atoms with Crippen molar-refractivity contribution in [1.82, 2.24) is 0 Å². The van der Waals surface area contributed by atoms with Crippen LogP contribution in [-0.4, -0.2) is 24.5 Å². The van der Waals surface area contributed by atoms with Crippen molar-refractivity contribution >= 4 is 26.7 Å². The van der Waals surface area contributed by atoms with Crippen molar-refractivity contribution in [2.24, 2.45) is 0 Å². The van der Waals surface area contributed by atoms with Crippen molar-refractivity contribution in [3.8, 4) is 5.75 Å². The number of phenolic OH excluding ortho intramolecular Hbond substituents is 1. The summed E-state index contributed by atoms with van der Waals surface area (Å²) in [4.78, 5) is 10.7. The number of carbonyl (C=O) groups excluding carboxylic acids is 1. The predicted octanol–water partition coefficient (Wildman–Crippen LogP) is 1.55. The van der Waals surface area contributed by atoms with E-state index >= 15 is 0 Å². The summed E-state index contributed by atoms with van der Waals surface area (Å²) in [6.07, 6.45) is 0. The van der Waals surface area contributed by atoms with E-state index in [0.29, 0.717) is 11.1 Å². The van der Waals surface area contributed by atoms with Gasteiger partial charge in [0.2, 0.25) is 5.24 Å². The highest BCUT2D eigenvalue weighted by Gasteiger charge is 2.22. The second kappa shape index (κ2) is 4.43. The quantitative estimate of drug-likeness (QED) is 0.839. The maximum Gasteiger partial charge on any atom is 0.237 e. The van der Waals surface area contributed by atoms with Crippen molar-refractivity contribution < 1.29 is 18.3 Å². The lowest BCUT2D eigenvalue weighted by Crippen LogP contribution is -2.14. The number of hydrogen-bond acceptors (Lipinski definition) is 4. The van der Waals surface area contributed by atoms with Gasteiger partial charge in [0.1, 0.15) is 11.5 Å².